The van der Waals surface area contributed by atoms with E-state index in [-0.39, 0.29) is 5.91 Å². The topological polar surface area (TPSA) is 66.3 Å². The number of amides is 1. The molecule has 1 atom stereocenters. The summed E-state index contributed by atoms with van der Waals surface area (Å²) in [4.78, 5) is 17.1. The quantitative estimate of drug-likeness (QED) is 0.872. The number of carbonyl (C=O) groups is 1. The van der Waals surface area contributed by atoms with Crippen molar-refractivity contribution in [2.45, 2.75) is 51.6 Å². The molecule has 0 saturated carbocycles. The number of carbonyl (C=O) groups excluding carboxylic acids is 1. The molecular weight excluding hydrogens is 304 g/mol. The van der Waals surface area contributed by atoms with Crippen LogP contribution in [0.1, 0.15) is 54.8 Å². The van der Waals surface area contributed by atoms with Crippen molar-refractivity contribution in [1.29, 1.82) is 0 Å². The molecule has 3 rings (SSSR count). The summed E-state index contributed by atoms with van der Waals surface area (Å²) >= 11 is 0. The van der Waals surface area contributed by atoms with Gasteiger partial charge in [-0.1, -0.05) is 12.1 Å². The van der Waals surface area contributed by atoms with Gasteiger partial charge in [-0.2, -0.15) is 0 Å². The van der Waals surface area contributed by atoms with E-state index in [0.29, 0.717) is 17.8 Å². The Morgan fingerprint density at radius 1 is 1.33 bits per heavy atom. The number of piperidine rings is 1. The highest BCUT2D eigenvalue weighted by molar-refractivity contribution is 5.93. The Labute approximate surface area is 144 Å². The molecule has 7 nitrogen and oxygen atoms in total. The number of likely N-dealkylation sites (tertiary alicyclic amines) is 1. The normalized spacial score (nSPS) is 22.9. The number of likely N-dealkylation sites (N-methyl/N-ethyl adjacent to an activating group) is 2. The Kier molecular flexibility index (Phi) is 5.50. The maximum atomic E-state index is 12.8. The Hall–Kier alpha value is -1.47. The summed E-state index contributed by atoms with van der Waals surface area (Å²) in [5.74, 6) is -0.00404. The van der Waals surface area contributed by atoms with E-state index in [1.807, 2.05) is 23.6 Å². The van der Waals surface area contributed by atoms with Crippen molar-refractivity contribution >= 4 is 5.91 Å². The van der Waals surface area contributed by atoms with Gasteiger partial charge in [0.15, 0.2) is 5.69 Å². The number of hydrogen-bond donors (Lipinski definition) is 1. The van der Waals surface area contributed by atoms with Crippen LogP contribution in [0.2, 0.25) is 0 Å². The van der Waals surface area contributed by atoms with E-state index in [0.717, 1.165) is 51.3 Å². The Morgan fingerprint density at radius 3 is 2.79 bits per heavy atom. The van der Waals surface area contributed by atoms with E-state index in [4.69, 9.17) is 0 Å². The molecule has 1 unspecified atom stereocenters. The lowest BCUT2D eigenvalue weighted by Crippen LogP contribution is -2.41. The van der Waals surface area contributed by atoms with Gasteiger partial charge in [-0.05, 0) is 58.8 Å². The average molecular weight is 334 g/mol. The van der Waals surface area contributed by atoms with Crippen molar-refractivity contribution in [2.75, 3.05) is 39.8 Å². The standard InChI is InChI=1S/C17H30N6O/c1-4-22-11-5-6-15(22)12-21(3)17(24)16-13(2)23(20-19-16)14-7-9-18-10-8-14/h14-15,18H,4-12H2,1-3H3. The van der Waals surface area contributed by atoms with Gasteiger partial charge in [0, 0.05) is 19.6 Å². The first-order valence-electron chi connectivity index (χ1n) is 9.23. The first kappa shape index (κ1) is 17.4. The highest BCUT2D eigenvalue weighted by atomic mass is 16.2. The number of hydrogen-bond acceptors (Lipinski definition) is 5. The molecule has 3 heterocycles. The van der Waals surface area contributed by atoms with Crippen LogP contribution in [0.15, 0.2) is 0 Å². The zero-order chi connectivity index (χ0) is 17.1. The number of nitrogens with zero attached hydrogens (tertiary/aromatic N) is 5. The minimum absolute atomic E-state index is 0.00404. The number of rotatable bonds is 5. The molecule has 24 heavy (non-hydrogen) atoms. The van der Waals surface area contributed by atoms with E-state index in [9.17, 15) is 4.79 Å². The fourth-order valence-electron chi connectivity index (χ4n) is 4.03. The monoisotopic (exact) mass is 334 g/mol. The summed E-state index contributed by atoms with van der Waals surface area (Å²) in [6.07, 6.45) is 4.49. The molecule has 1 aromatic rings. The second-order valence-corrected chi connectivity index (χ2v) is 7.06. The van der Waals surface area contributed by atoms with Crippen LogP contribution < -0.4 is 5.32 Å². The van der Waals surface area contributed by atoms with Crippen LogP contribution >= 0.6 is 0 Å². The summed E-state index contributed by atoms with van der Waals surface area (Å²) in [6.45, 7) is 9.13. The molecular formula is C17H30N6O. The van der Waals surface area contributed by atoms with Crippen molar-refractivity contribution in [3.63, 3.8) is 0 Å². The fourth-order valence-corrected chi connectivity index (χ4v) is 4.03. The third-order valence-electron chi connectivity index (χ3n) is 5.52. The molecule has 0 aromatic carbocycles. The lowest BCUT2D eigenvalue weighted by molar-refractivity contribution is 0.0748. The predicted octanol–water partition coefficient (Wildman–Crippen LogP) is 1.07. The van der Waals surface area contributed by atoms with Gasteiger partial charge in [-0.3, -0.25) is 9.69 Å². The largest absolute Gasteiger partial charge is 0.339 e. The highest BCUT2D eigenvalue weighted by Gasteiger charge is 2.28. The van der Waals surface area contributed by atoms with Gasteiger partial charge in [0.2, 0.25) is 0 Å². The zero-order valence-electron chi connectivity index (χ0n) is 15.2. The number of nitrogens with one attached hydrogen (secondary N) is 1. The summed E-state index contributed by atoms with van der Waals surface area (Å²) < 4.78 is 1.95. The maximum Gasteiger partial charge on any atom is 0.276 e. The first-order chi connectivity index (χ1) is 11.6. The Bertz CT molecular complexity index is 565. The van der Waals surface area contributed by atoms with Crippen LogP contribution in [0.4, 0.5) is 0 Å². The van der Waals surface area contributed by atoms with Gasteiger partial charge in [0.05, 0.1) is 11.7 Å². The van der Waals surface area contributed by atoms with Gasteiger partial charge >= 0.3 is 0 Å². The van der Waals surface area contributed by atoms with Crippen molar-refractivity contribution in [1.82, 2.24) is 30.1 Å². The third-order valence-corrected chi connectivity index (χ3v) is 5.52. The molecule has 1 amide bonds. The molecule has 134 valence electrons. The molecule has 2 aliphatic heterocycles. The van der Waals surface area contributed by atoms with Gasteiger partial charge in [0.1, 0.15) is 0 Å². The zero-order valence-corrected chi connectivity index (χ0v) is 15.2. The molecule has 2 saturated heterocycles. The van der Waals surface area contributed by atoms with E-state index in [1.165, 1.54) is 12.8 Å². The van der Waals surface area contributed by atoms with E-state index in [2.05, 4.69) is 27.5 Å². The van der Waals surface area contributed by atoms with Crippen molar-refractivity contribution < 1.29 is 4.79 Å². The van der Waals surface area contributed by atoms with Gasteiger partial charge in [-0.15, -0.1) is 5.10 Å². The summed E-state index contributed by atoms with van der Waals surface area (Å²) in [6, 6.07) is 0.833. The second kappa shape index (κ2) is 7.61. The van der Waals surface area contributed by atoms with Crippen LogP contribution in [0.3, 0.4) is 0 Å². The first-order valence-corrected chi connectivity index (χ1v) is 9.23. The van der Waals surface area contributed by atoms with Crippen LogP contribution in [-0.2, 0) is 0 Å². The molecule has 0 radical (unpaired) electrons. The van der Waals surface area contributed by atoms with Crippen LogP contribution in [0, 0.1) is 6.92 Å². The molecule has 0 aliphatic carbocycles. The van der Waals surface area contributed by atoms with Crippen LogP contribution in [0.5, 0.6) is 0 Å². The predicted molar refractivity (Wildman–Crippen MR) is 93.1 cm³/mol. The fraction of sp³-hybridized carbons (Fsp3) is 0.824. The lowest BCUT2D eigenvalue weighted by Gasteiger charge is -2.27. The molecule has 0 spiro atoms. The van der Waals surface area contributed by atoms with E-state index < -0.39 is 0 Å². The van der Waals surface area contributed by atoms with Gasteiger partial charge in [-0.25, -0.2) is 4.68 Å². The van der Waals surface area contributed by atoms with Gasteiger partial charge in [0.25, 0.3) is 5.91 Å². The molecule has 1 aromatic heterocycles. The molecule has 1 N–H and O–H groups in total. The lowest BCUT2D eigenvalue weighted by atomic mass is 10.1. The molecule has 7 heteroatoms. The molecule has 2 fully saturated rings. The third kappa shape index (κ3) is 3.47. The van der Waals surface area contributed by atoms with Crippen molar-refractivity contribution in [3.8, 4) is 0 Å². The highest BCUT2D eigenvalue weighted by Crippen LogP contribution is 2.22. The summed E-state index contributed by atoms with van der Waals surface area (Å²) in [7, 11) is 1.89. The average Bonchev–Trinajstić information content (AvgIpc) is 3.21. The minimum atomic E-state index is -0.00404. The second-order valence-electron chi connectivity index (χ2n) is 7.06. The number of aromatic nitrogens is 3. The Morgan fingerprint density at radius 2 is 2.08 bits per heavy atom. The van der Waals surface area contributed by atoms with Crippen molar-refractivity contribution in [2.24, 2.45) is 0 Å². The van der Waals surface area contributed by atoms with E-state index in [1.54, 1.807) is 0 Å². The van der Waals surface area contributed by atoms with Crippen LogP contribution in [-0.4, -0.2) is 76.5 Å². The minimum Gasteiger partial charge on any atom is -0.339 e. The van der Waals surface area contributed by atoms with Crippen LogP contribution in [0.25, 0.3) is 0 Å². The SMILES string of the molecule is CCN1CCCC1CN(C)C(=O)c1nnn(C2CCNCC2)c1C. The molecule has 0 bridgehead atoms. The summed E-state index contributed by atoms with van der Waals surface area (Å²) in [5.41, 5.74) is 1.41. The summed E-state index contributed by atoms with van der Waals surface area (Å²) in [5, 5.41) is 11.9. The Balaban J connectivity index is 1.67. The van der Waals surface area contributed by atoms with E-state index >= 15 is 0 Å². The maximum absolute atomic E-state index is 12.8. The van der Waals surface area contributed by atoms with Crippen molar-refractivity contribution in [3.05, 3.63) is 11.4 Å². The van der Waals surface area contributed by atoms with Gasteiger partial charge < -0.3 is 10.2 Å². The molecule has 2 aliphatic rings. The smallest absolute Gasteiger partial charge is 0.276 e.